The first-order valence-electron chi connectivity index (χ1n) is 6.82. The summed E-state index contributed by atoms with van der Waals surface area (Å²) >= 11 is 0. The van der Waals surface area contributed by atoms with Crippen molar-refractivity contribution in [2.45, 2.75) is 33.2 Å². The van der Waals surface area contributed by atoms with Gasteiger partial charge in [-0.1, -0.05) is 13.8 Å². The van der Waals surface area contributed by atoms with Gasteiger partial charge in [-0.15, -0.1) is 24.0 Å². The fourth-order valence-corrected chi connectivity index (χ4v) is 3.35. The van der Waals surface area contributed by atoms with E-state index in [1.165, 1.54) is 0 Å². The molecule has 120 valence electrons. The van der Waals surface area contributed by atoms with Gasteiger partial charge in [-0.05, 0) is 19.3 Å². The van der Waals surface area contributed by atoms with Crippen LogP contribution in [0.1, 0.15) is 27.2 Å². The molecule has 1 rings (SSSR count). The van der Waals surface area contributed by atoms with Crippen LogP contribution in [0.25, 0.3) is 0 Å². The molecule has 0 radical (unpaired) electrons. The second-order valence-electron chi connectivity index (χ2n) is 5.24. The molecule has 0 aromatic rings. The van der Waals surface area contributed by atoms with Crippen molar-refractivity contribution in [2.75, 3.05) is 32.4 Å². The number of guanidine groups is 1. The molecule has 1 aliphatic heterocycles. The summed E-state index contributed by atoms with van der Waals surface area (Å²) in [7, 11) is -1.28. The van der Waals surface area contributed by atoms with E-state index >= 15 is 0 Å². The van der Waals surface area contributed by atoms with Crippen LogP contribution in [-0.4, -0.2) is 57.2 Å². The van der Waals surface area contributed by atoms with Crippen molar-refractivity contribution in [3.05, 3.63) is 0 Å². The molecular formula is C12H27IN4O2S. The van der Waals surface area contributed by atoms with Crippen molar-refractivity contribution in [1.29, 1.82) is 0 Å². The van der Waals surface area contributed by atoms with E-state index in [1.54, 1.807) is 11.4 Å². The molecular weight excluding hydrogens is 391 g/mol. The lowest BCUT2D eigenvalue weighted by atomic mass is 10.1. The second-order valence-corrected chi connectivity index (χ2v) is 7.33. The predicted octanol–water partition coefficient (Wildman–Crippen LogP) is 0.849. The summed E-state index contributed by atoms with van der Waals surface area (Å²) in [5, 5.41) is 6.44. The summed E-state index contributed by atoms with van der Waals surface area (Å²) in [6.45, 7) is 8.09. The number of nitrogens with one attached hydrogen (secondary N) is 2. The molecule has 0 aliphatic carbocycles. The maximum atomic E-state index is 11.6. The standard InChI is InChI=1S/C12H26N4O2S.HI/c1-10(2)11(3)15-12(13-4)14-6-8-16-7-5-9-19(16,17)18;/h10-11H,5-9H2,1-4H3,(H2,13,14,15);1H. The Bertz CT molecular complexity index is 412. The van der Waals surface area contributed by atoms with Crippen LogP contribution in [-0.2, 0) is 10.0 Å². The Balaban J connectivity index is 0.00000361. The van der Waals surface area contributed by atoms with Crippen LogP contribution >= 0.6 is 24.0 Å². The average molecular weight is 418 g/mol. The molecule has 1 saturated heterocycles. The lowest BCUT2D eigenvalue weighted by Crippen LogP contribution is -2.46. The zero-order chi connectivity index (χ0) is 14.5. The number of halogens is 1. The number of aliphatic imine (C=N–C) groups is 1. The second kappa shape index (κ2) is 9.04. The number of sulfonamides is 1. The highest BCUT2D eigenvalue weighted by atomic mass is 127. The third-order valence-corrected chi connectivity index (χ3v) is 5.40. The summed E-state index contributed by atoms with van der Waals surface area (Å²) in [6.07, 6.45) is 0.736. The van der Waals surface area contributed by atoms with Gasteiger partial charge in [-0.3, -0.25) is 4.99 Å². The fraction of sp³-hybridized carbons (Fsp3) is 0.917. The Morgan fingerprint density at radius 2 is 2.00 bits per heavy atom. The SMILES string of the molecule is CN=C(NCCN1CCCS1(=O)=O)NC(C)C(C)C.I. The largest absolute Gasteiger partial charge is 0.355 e. The molecule has 0 bridgehead atoms. The molecule has 0 amide bonds. The van der Waals surface area contributed by atoms with Gasteiger partial charge in [0.05, 0.1) is 5.75 Å². The van der Waals surface area contributed by atoms with E-state index in [0.29, 0.717) is 31.6 Å². The zero-order valence-corrected chi connectivity index (χ0v) is 15.9. The Labute approximate surface area is 139 Å². The Kier molecular flexibility index (Phi) is 8.99. The lowest BCUT2D eigenvalue weighted by molar-refractivity contribution is 0.441. The van der Waals surface area contributed by atoms with E-state index in [9.17, 15) is 8.42 Å². The Hall–Kier alpha value is -0.0900. The van der Waals surface area contributed by atoms with Gasteiger partial charge in [0.2, 0.25) is 10.0 Å². The zero-order valence-electron chi connectivity index (χ0n) is 12.7. The summed E-state index contributed by atoms with van der Waals surface area (Å²) in [5.41, 5.74) is 0. The molecule has 0 spiro atoms. The van der Waals surface area contributed by atoms with Crippen LogP contribution in [0.2, 0.25) is 0 Å². The van der Waals surface area contributed by atoms with Crippen LogP contribution < -0.4 is 10.6 Å². The molecule has 6 nitrogen and oxygen atoms in total. The highest BCUT2D eigenvalue weighted by molar-refractivity contribution is 14.0. The highest BCUT2D eigenvalue weighted by Gasteiger charge is 2.27. The minimum atomic E-state index is -3.00. The molecule has 0 aromatic carbocycles. The van der Waals surface area contributed by atoms with Crippen LogP contribution in [0.15, 0.2) is 4.99 Å². The van der Waals surface area contributed by atoms with Gasteiger partial charge in [-0.25, -0.2) is 12.7 Å². The highest BCUT2D eigenvalue weighted by Crippen LogP contribution is 2.11. The van der Waals surface area contributed by atoms with Gasteiger partial charge in [0.1, 0.15) is 0 Å². The third kappa shape index (κ3) is 6.13. The molecule has 1 fully saturated rings. The molecule has 0 saturated carbocycles. The van der Waals surface area contributed by atoms with Crippen molar-refractivity contribution in [3.63, 3.8) is 0 Å². The van der Waals surface area contributed by atoms with Crippen LogP contribution in [0.4, 0.5) is 0 Å². The first-order valence-corrected chi connectivity index (χ1v) is 8.42. The maximum absolute atomic E-state index is 11.6. The van der Waals surface area contributed by atoms with Gasteiger partial charge < -0.3 is 10.6 Å². The summed E-state index contributed by atoms with van der Waals surface area (Å²) in [4.78, 5) is 4.14. The molecule has 0 aromatic heterocycles. The Morgan fingerprint density at radius 1 is 1.35 bits per heavy atom. The lowest BCUT2D eigenvalue weighted by Gasteiger charge is -2.21. The van der Waals surface area contributed by atoms with E-state index in [0.717, 1.165) is 12.4 Å². The molecule has 8 heteroatoms. The van der Waals surface area contributed by atoms with Crippen LogP contribution in [0.5, 0.6) is 0 Å². The van der Waals surface area contributed by atoms with Crippen molar-refractivity contribution in [1.82, 2.24) is 14.9 Å². The Morgan fingerprint density at radius 3 is 2.45 bits per heavy atom. The van der Waals surface area contributed by atoms with Gasteiger partial charge in [0, 0.05) is 32.7 Å². The summed E-state index contributed by atoms with van der Waals surface area (Å²) in [6, 6.07) is 0.321. The predicted molar refractivity (Wildman–Crippen MR) is 94.2 cm³/mol. The van der Waals surface area contributed by atoms with Crippen LogP contribution in [0.3, 0.4) is 0 Å². The van der Waals surface area contributed by atoms with Crippen LogP contribution in [0, 0.1) is 5.92 Å². The molecule has 1 unspecified atom stereocenters. The van der Waals surface area contributed by atoms with Gasteiger partial charge >= 0.3 is 0 Å². The van der Waals surface area contributed by atoms with Crippen molar-refractivity contribution < 1.29 is 8.42 Å². The number of hydrogen-bond acceptors (Lipinski definition) is 3. The third-order valence-electron chi connectivity index (χ3n) is 3.44. The summed E-state index contributed by atoms with van der Waals surface area (Å²) in [5.74, 6) is 1.51. The van der Waals surface area contributed by atoms with E-state index in [2.05, 4.69) is 36.4 Å². The number of nitrogens with zero attached hydrogens (tertiary/aromatic N) is 2. The molecule has 20 heavy (non-hydrogen) atoms. The smallest absolute Gasteiger partial charge is 0.214 e. The minimum Gasteiger partial charge on any atom is -0.355 e. The minimum absolute atomic E-state index is 0. The van der Waals surface area contributed by atoms with Gasteiger partial charge in [0.15, 0.2) is 5.96 Å². The maximum Gasteiger partial charge on any atom is 0.214 e. The van der Waals surface area contributed by atoms with E-state index in [4.69, 9.17) is 0 Å². The average Bonchev–Trinajstić information content (AvgIpc) is 2.67. The molecule has 1 atom stereocenters. The molecule has 1 aliphatic rings. The normalized spacial score (nSPS) is 20.6. The monoisotopic (exact) mass is 418 g/mol. The summed E-state index contributed by atoms with van der Waals surface area (Å²) < 4.78 is 24.8. The van der Waals surface area contributed by atoms with E-state index < -0.39 is 10.0 Å². The van der Waals surface area contributed by atoms with Gasteiger partial charge in [0.25, 0.3) is 0 Å². The number of hydrogen-bond donors (Lipinski definition) is 2. The number of rotatable bonds is 5. The first kappa shape index (κ1) is 19.9. The van der Waals surface area contributed by atoms with E-state index in [1.807, 2.05) is 0 Å². The first-order chi connectivity index (χ1) is 8.86. The van der Waals surface area contributed by atoms with Crippen molar-refractivity contribution >= 4 is 40.0 Å². The van der Waals surface area contributed by atoms with Crippen molar-refractivity contribution in [3.8, 4) is 0 Å². The fourth-order valence-electron chi connectivity index (χ4n) is 1.82. The van der Waals surface area contributed by atoms with Crippen molar-refractivity contribution in [2.24, 2.45) is 10.9 Å². The topological polar surface area (TPSA) is 73.8 Å². The van der Waals surface area contributed by atoms with E-state index in [-0.39, 0.29) is 29.7 Å². The molecule has 2 N–H and O–H groups in total. The molecule has 1 heterocycles. The quantitative estimate of drug-likeness (QED) is 0.395. The van der Waals surface area contributed by atoms with Gasteiger partial charge in [-0.2, -0.15) is 0 Å².